The molecule has 0 bridgehead atoms. The normalized spacial score (nSPS) is 21.0. The number of fused-ring (bicyclic) bond motifs is 1. The number of halogens is 1. The fourth-order valence-electron chi connectivity index (χ4n) is 1.42. The third-order valence-electron chi connectivity index (χ3n) is 2.02. The molecular formula is C10H10BrNOS. The number of hydrogen-bond donors (Lipinski definition) is 1. The minimum atomic E-state index is 0.0989. The maximum atomic E-state index is 11.4. The van der Waals surface area contributed by atoms with Gasteiger partial charge in [0.25, 0.3) is 0 Å². The lowest BCUT2D eigenvalue weighted by Crippen LogP contribution is -2.13. The third-order valence-corrected chi connectivity index (χ3v) is 3.69. The first-order chi connectivity index (χ1) is 6.65. The van der Waals surface area contributed by atoms with Crippen LogP contribution in [0.15, 0.2) is 27.6 Å². The summed E-state index contributed by atoms with van der Waals surface area (Å²) in [6, 6.07) is 5.97. The molecule has 1 aliphatic rings. The molecule has 0 aromatic heterocycles. The van der Waals surface area contributed by atoms with Crippen LogP contribution in [0.2, 0.25) is 0 Å². The Labute approximate surface area is 95.6 Å². The minimum absolute atomic E-state index is 0.0989. The first-order valence-corrected chi connectivity index (χ1v) is 6.08. The average Bonchev–Trinajstić information content (AvgIpc) is 2.21. The zero-order valence-electron chi connectivity index (χ0n) is 7.71. The maximum absolute atomic E-state index is 11.4. The van der Waals surface area contributed by atoms with E-state index in [-0.39, 0.29) is 5.91 Å². The Morgan fingerprint density at radius 1 is 1.57 bits per heavy atom. The van der Waals surface area contributed by atoms with Crippen LogP contribution in [0, 0.1) is 0 Å². The molecule has 0 saturated heterocycles. The van der Waals surface area contributed by atoms with Crippen molar-refractivity contribution in [1.29, 1.82) is 0 Å². The maximum Gasteiger partial charge on any atom is 0.225 e. The Hall–Kier alpha value is -0.480. The molecule has 1 atom stereocenters. The van der Waals surface area contributed by atoms with E-state index < -0.39 is 0 Å². The van der Waals surface area contributed by atoms with E-state index in [2.05, 4.69) is 28.2 Å². The van der Waals surface area contributed by atoms with Crippen LogP contribution in [-0.4, -0.2) is 11.2 Å². The SMILES string of the molecule is CC1CC(=O)Nc2cc(Br)ccc2S1. The van der Waals surface area contributed by atoms with E-state index in [4.69, 9.17) is 0 Å². The Morgan fingerprint density at radius 3 is 3.14 bits per heavy atom. The van der Waals surface area contributed by atoms with Crippen molar-refractivity contribution in [3.63, 3.8) is 0 Å². The first-order valence-electron chi connectivity index (χ1n) is 4.41. The lowest BCUT2D eigenvalue weighted by Gasteiger charge is -2.06. The molecule has 1 amide bonds. The molecule has 14 heavy (non-hydrogen) atoms. The number of carbonyl (C=O) groups is 1. The summed E-state index contributed by atoms with van der Waals surface area (Å²) in [5.74, 6) is 0.0989. The Balaban J connectivity index is 2.41. The second-order valence-electron chi connectivity index (χ2n) is 3.32. The van der Waals surface area contributed by atoms with Crippen molar-refractivity contribution in [2.75, 3.05) is 5.32 Å². The summed E-state index contributed by atoms with van der Waals surface area (Å²) in [6.07, 6.45) is 0.580. The van der Waals surface area contributed by atoms with Gasteiger partial charge >= 0.3 is 0 Å². The lowest BCUT2D eigenvalue weighted by molar-refractivity contribution is -0.116. The number of hydrogen-bond acceptors (Lipinski definition) is 2. The number of amides is 1. The van der Waals surface area contributed by atoms with Crippen LogP contribution in [0.3, 0.4) is 0 Å². The molecule has 2 rings (SSSR count). The van der Waals surface area contributed by atoms with Crippen LogP contribution in [0.4, 0.5) is 5.69 Å². The van der Waals surface area contributed by atoms with Crippen LogP contribution >= 0.6 is 27.7 Å². The van der Waals surface area contributed by atoms with Gasteiger partial charge in [0.05, 0.1) is 5.69 Å². The van der Waals surface area contributed by atoms with Crippen molar-refractivity contribution in [2.24, 2.45) is 0 Å². The fraction of sp³-hybridized carbons (Fsp3) is 0.300. The first kappa shape index (κ1) is 10.1. The molecule has 1 N–H and O–H groups in total. The summed E-state index contributed by atoms with van der Waals surface area (Å²) >= 11 is 5.13. The van der Waals surface area contributed by atoms with Gasteiger partial charge < -0.3 is 5.32 Å². The predicted molar refractivity (Wildman–Crippen MR) is 62.7 cm³/mol. The fourth-order valence-corrected chi connectivity index (χ4v) is 2.84. The van der Waals surface area contributed by atoms with Gasteiger partial charge in [-0.3, -0.25) is 4.79 Å². The molecule has 1 aliphatic heterocycles. The summed E-state index contributed by atoms with van der Waals surface area (Å²) in [7, 11) is 0. The van der Waals surface area contributed by atoms with E-state index in [0.717, 1.165) is 15.1 Å². The largest absolute Gasteiger partial charge is 0.325 e. The monoisotopic (exact) mass is 271 g/mol. The van der Waals surface area contributed by atoms with Gasteiger partial charge in [-0.1, -0.05) is 22.9 Å². The molecule has 1 unspecified atom stereocenters. The van der Waals surface area contributed by atoms with E-state index in [1.165, 1.54) is 0 Å². The average molecular weight is 272 g/mol. The Morgan fingerprint density at radius 2 is 2.36 bits per heavy atom. The lowest BCUT2D eigenvalue weighted by atomic mass is 10.3. The second-order valence-corrected chi connectivity index (χ2v) is 5.72. The molecule has 1 heterocycles. The second kappa shape index (κ2) is 3.95. The van der Waals surface area contributed by atoms with E-state index in [1.807, 2.05) is 18.2 Å². The molecule has 0 fully saturated rings. The molecular weight excluding hydrogens is 262 g/mol. The third kappa shape index (κ3) is 2.12. The van der Waals surface area contributed by atoms with Crippen molar-refractivity contribution in [1.82, 2.24) is 0 Å². The highest BCUT2D eigenvalue weighted by Crippen LogP contribution is 2.36. The molecule has 1 aromatic carbocycles. The molecule has 4 heteroatoms. The van der Waals surface area contributed by atoms with E-state index >= 15 is 0 Å². The quantitative estimate of drug-likeness (QED) is 0.785. The topological polar surface area (TPSA) is 29.1 Å². The van der Waals surface area contributed by atoms with Gasteiger partial charge in [-0.2, -0.15) is 0 Å². The molecule has 0 saturated carbocycles. The highest BCUT2D eigenvalue weighted by Gasteiger charge is 2.18. The number of nitrogens with one attached hydrogen (secondary N) is 1. The summed E-state index contributed by atoms with van der Waals surface area (Å²) in [5, 5.41) is 3.25. The number of thioether (sulfide) groups is 1. The van der Waals surface area contributed by atoms with Crippen molar-refractivity contribution < 1.29 is 4.79 Å². The van der Waals surface area contributed by atoms with Crippen LogP contribution in [0.5, 0.6) is 0 Å². The van der Waals surface area contributed by atoms with Crippen molar-refractivity contribution in [3.8, 4) is 0 Å². The Bertz CT molecular complexity index is 380. The standard InChI is InChI=1S/C10H10BrNOS/c1-6-4-10(13)12-8-5-7(11)2-3-9(8)14-6/h2-3,5-6H,4H2,1H3,(H,12,13). The van der Waals surface area contributed by atoms with E-state index in [9.17, 15) is 4.79 Å². The van der Waals surface area contributed by atoms with E-state index in [0.29, 0.717) is 11.7 Å². The smallest absolute Gasteiger partial charge is 0.225 e. The highest BCUT2D eigenvalue weighted by atomic mass is 79.9. The molecule has 0 radical (unpaired) electrons. The van der Waals surface area contributed by atoms with Crippen molar-refractivity contribution in [3.05, 3.63) is 22.7 Å². The summed E-state index contributed by atoms with van der Waals surface area (Å²) in [6.45, 7) is 2.07. The molecule has 0 aliphatic carbocycles. The zero-order chi connectivity index (χ0) is 10.1. The summed E-state index contributed by atoms with van der Waals surface area (Å²) in [5.41, 5.74) is 0.915. The minimum Gasteiger partial charge on any atom is -0.325 e. The number of anilines is 1. The van der Waals surface area contributed by atoms with Crippen molar-refractivity contribution in [2.45, 2.75) is 23.5 Å². The molecule has 74 valence electrons. The van der Waals surface area contributed by atoms with Crippen LogP contribution < -0.4 is 5.32 Å². The Kier molecular flexibility index (Phi) is 2.83. The van der Waals surface area contributed by atoms with Gasteiger partial charge in [0.2, 0.25) is 5.91 Å². The van der Waals surface area contributed by atoms with Gasteiger partial charge in [0, 0.05) is 21.0 Å². The van der Waals surface area contributed by atoms with Gasteiger partial charge in [0.15, 0.2) is 0 Å². The highest BCUT2D eigenvalue weighted by molar-refractivity contribution is 9.10. The zero-order valence-corrected chi connectivity index (χ0v) is 10.1. The van der Waals surface area contributed by atoms with Crippen LogP contribution in [-0.2, 0) is 4.79 Å². The molecule has 1 aromatic rings. The van der Waals surface area contributed by atoms with Crippen LogP contribution in [0.1, 0.15) is 13.3 Å². The van der Waals surface area contributed by atoms with Gasteiger partial charge in [-0.25, -0.2) is 0 Å². The number of carbonyl (C=O) groups excluding carboxylic acids is 1. The van der Waals surface area contributed by atoms with Gasteiger partial charge in [0.1, 0.15) is 0 Å². The van der Waals surface area contributed by atoms with Crippen LogP contribution in [0.25, 0.3) is 0 Å². The van der Waals surface area contributed by atoms with E-state index in [1.54, 1.807) is 11.8 Å². The predicted octanol–water partition coefficient (Wildman–Crippen LogP) is 3.27. The number of rotatable bonds is 0. The van der Waals surface area contributed by atoms with Crippen molar-refractivity contribution >= 4 is 39.3 Å². The number of benzene rings is 1. The summed E-state index contributed by atoms with van der Waals surface area (Å²) in [4.78, 5) is 12.6. The molecule has 2 nitrogen and oxygen atoms in total. The summed E-state index contributed by atoms with van der Waals surface area (Å²) < 4.78 is 0.992. The molecule has 0 spiro atoms. The van der Waals surface area contributed by atoms with Gasteiger partial charge in [-0.05, 0) is 18.2 Å². The van der Waals surface area contributed by atoms with Gasteiger partial charge in [-0.15, -0.1) is 11.8 Å².